The summed E-state index contributed by atoms with van der Waals surface area (Å²) in [5, 5.41) is 7.28. The van der Waals surface area contributed by atoms with E-state index < -0.39 is 0 Å². The maximum atomic E-state index is 13.0. The number of carbonyl (C=O) groups excluding carboxylic acids is 2. The minimum atomic E-state index is -0.275. The molecule has 0 aliphatic carbocycles. The van der Waals surface area contributed by atoms with Crippen molar-refractivity contribution in [2.45, 2.75) is 25.8 Å². The topological polar surface area (TPSA) is 195 Å². The Hall–Kier alpha value is -3.77. The van der Waals surface area contributed by atoms with Gasteiger partial charge in [-0.15, -0.1) is 0 Å². The van der Waals surface area contributed by atoms with Gasteiger partial charge in [-0.3, -0.25) is 31.4 Å². The lowest BCUT2D eigenvalue weighted by Gasteiger charge is -2.18. The molecular weight excluding hydrogens is 438 g/mol. The third-order valence-corrected chi connectivity index (χ3v) is 5.09. The number of ether oxygens (including phenoxy) is 1. The van der Waals surface area contributed by atoms with Gasteiger partial charge in [0.2, 0.25) is 5.91 Å². The van der Waals surface area contributed by atoms with Crippen LogP contribution in [-0.2, 0) is 18.3 Å². The van der Waals surface area contributed by atoms with E-state index in [4.69, 9.17) is 10.6 Å². The second-order valence-corrected chi connectivity index (χ2v) is 7.32. The summed E-state index contributed by atoms with van der Waals surface area (Å²) in [6, 6.07) is 12.8. The monoisotopic (exact) mass is 471 g/mol. The van der Waals surface area contributed by atoms with Gasteiger partial charge in [0.05, 0.1) is 19.3 Å². The molecule has 1 unspecified atom stereocenters. The molecule has 0 aliphatic heterocycles. The van der Waals surface area contributed by atoms with Crippen LogP contribution in [-0.4, -0.2) is 34.2 Å². The molecular formula is C23H33N7O4. The lowest BCUT2D eigenvalue weighted by Crippen LogP contribution is -2.30. The molecule has 0 saturated heterocycles. The Labute approximate surface area is 198 Å². The predicted octanol–water partition coefficient (Wildman–Crippen LogP) is 0.503. The number of aryl methyl sites for hydroxylation is 2. The smallest absolute Gasteiger partial charge is 0.252 e. The first-order valence-corrected chi connectivity index (χ1v) is 10.3. The molecule has 0 radical (unpaired) electrons. The number of benzene rings is 2. The first-order valence-electron chi connectivity index (χ1n) is 10.3. The van der Waals surface area contributed by atoms with E-state index in [1.165, 1.54) is 0 Å². The first kappa shape index (κ1) is 28.3. The Balaban J connectivity index is 0.00000188. The Kier molecular flexibility index (Phi) is 11.4. The van der Waals surface area contributed by atoms with Gasteiger partial charge in [0.15, 0.2) is 0 Å². The van der Waals surface area contributed by atoms with Crippen molar-refractivity contribution in [2.24, 2.45) is 24.6 Å². The number of hydrogen-bond acceptors (Lipinski definition) is 7. The van der Waals surface area contributed by atoms with Gasteiger partial charge in [-0.05, 0) is 54.3 Å². The lowest BCUT2D eigenvalue weighted by molar-refractivity contribution is -0.121. The summed E-state index contributed by atoms with van der Waals surface area (Å²) in [5.74, 6) is 13.4. The number of aromatic nitrogens is 2. The zero-order valence-electron chi connectivity index (χ0n) is 19.5. The molecule has 3 aromatic rings. The molecule has 11 heteroatoms. The van der Waals surface area contributed by atoms with Crippen LogP contribution in [0.4, 0.5) is 0 Å². The summed E-state index contributed by atoms with van der Waals surface area (Å²) in [5.41, 5.74) is 6.26. The van der Waals surface area contributed by atoms with Gasteiger partial charge in [-0.2, -0.15) is 5.10 Å². The summed E-state index contributed by atoms with van der Waals surface area (Å²) in [6.07, 6.45) is 4.34. The normalized spacial score (nSPS) is 10.8. The van der Waals surface area contributed by atoms with Gasteiger partial charge in [-0.25, -0.2) is 5.84 Å². The summed E-state index contributed by atoms with van der Waals surface area (Å²) in [7, 11) is 3.48. The fourth-order valence-corrected chi connectivity index (χ4v) is 3.36. The number of methoxy groups -OCH3 is 1. The van der Waals surface area contributed by atoms with E-state index in [1.807, 2.05) is 50.5 Å². The van der Waals surface area contributed by atoms with E-state index in [1.54, 1.807) is 30.1 Å². The van der Waals surface area contributed by atoms with Crippen LogP contribution < -0.4 is 33.0 Å². The van der Waals surface area contributed by atoms with Crippen LogP contribution in [0.5, 0.6) is 5.75 Å². The third kappa shape index (κ3) is 7.39. The molecule has 184 valence electrons. The standard InChI is InChI=1S/C23H27N5O3.H4N2.H2O/c1-15(17-10-18(12-20(11-17)31-3)19-13-25-28(2)14-19)26-23(30)21-7-5-4-6-16(21)8-9-22(29)27-24;1-2;/h4-7,10-15H,8-9,24H2,1-3H3,(H,26,30)(H,27,29);1-2H2;1H2. The van der Waals surface area contributed by atoms with Crippen molar-refractivity contribution < 1.29 is 19.8 Å². The molecule has 1 atom stereocenters. The molecule has 1 aromatic heterocycles. The van der Waals surface area contributed by atoms with E-state index in [0.717, 1.165) is 22.3 Å². The second-order valence-electron chi connectivity index (χ2n) is 7.32. The van der Waals surface area contributed by atoms with Gasteiger partial charge in [-0.1, -0.05) is 18.2 Å². The van der Waals surface area contributed by atoms with E-state index in [-0.39, 0.29) is 29.8 Å². The number of hydrazine groups is 2. The zero-order valence-corrected chi connectivity index (χ0v) is 19.5. The van der Waals surface area contributed by atoms with Crippen LogP contribution in [0.2, 0.25) is 0 Å². The highest BCUT2D eigenvalue weighted by Gasteiger charge is 2.17. The van der Waals surface area contributed by atoms with Gasteiger partial charge in [0.25, 0.3) is 5.91 Å². The van der Waals surface area contributed by atoms with Crippen LogP contribution in [0, 0.1) is 0 Å². The van der Waals surface area contributed by atoms with Crippen LogP contribution in [0.15, 0.2) is 54.9 Å². The summed E-state index contributed by atoms with van der Waals surface area (Å²) < 4.78 is 7.20. The second kappa shape index (κ2) is 13.7. The Morgan fingerprint density at radius 2 is 1.85 bits per heavy atom. The van der Waals surface area contributed by atoms with Crippen LogP contribution >= 0.6 is 0 Å². The number of amides is 2. The van der Waals surface area contributed by atoms with Crippen LogP contribution in [0.25, 0.3) is 11.1 Å². The highest BCUT2D eigenvalue weighted by Crippen LogP contribution is 2.29. The van der Waals surface area contributed by atoms with Crippen molar-refractivity contribution in [2.75, 3.05) is 7.11 Å². The zero-order chi connectivity index (χ0) is 24.4. The molecule has 1 heterocycles. The molecule has 2 amide bonds. The first-order chi connectivity index (χ1) is 15.9. The number of nitrogens with one attached hydrogen (secondary N) is 2. The van der Waals surface area contributed by atoms with Crippen molar-refractivity contribution in [1.82, 2.24) is 20.5 Å². The molecule has 10 N–H and O–H groups in total. The summed E-state index contributed by atoms with van der Waals surface area (Å²) in [6.45, 7) is 1.92. The van der Waals surface area contributed by atoms with Crippen LogP contribution in [0.1, 0.15) is 40.9 Å². The van der Waals surface area contributed by atoms with Crippen molar-refractivity contribution in [3.05, 3.63) is 71.5 Å². The Morgan fingerprint density at radius 3 is 2.47 bits per heavy atom. The maximum absolute atomic E-state index is 13.0. The van der Waals surface area contributed by atoms with Gasteiger partial charge in [0, 0.05) is 30.8 Å². The molecule has 3 rings (SSSR count). The summed E-state index contributed by atoms with van der Waals surface area (Å²) >= 11 is 0. The quantitative estimate of drug-likeness (QED) is 0.179. The molecule has 0 aliphatic rings. The fourth-order valence-electron chi connectivity index (χ4n) is 3.36. The Morgan fingerprint density at radius 1 is 1.15 bits per heavy atom. The number of carbonyl (C=O) groups is 2. The third-order valence-electron chi connectivity index (χ3n) is 5.09. The van der Waals surface area contributed by atoms with Crippen molar-refractivity contribution in [3.8, 4) is 16.9 Å². The summed E-state index contributed by atoms with van der Waals surface area (Å²) in [4.78, 5) is 24.5. The van der Waals surface area contributed by atoms with Crippen molar-refractivity contribution >= 4 is 11.8 Å². The van der Waals surface area contributed by atoms with Gasteiger partial charge >= 0.3 is 0 Å². The highest BCUT2D eigenvalue weighted by molar-refractivity contribution is 5.96. The van der Waals surface area contributed by atoms with Crippen molar-refractivity contribution in [3.63, 3.8) is 0 Å². The number of nitrogens with zero attached hydrogens (tertiary/aromatic N) is 2. The molecule has 34 heavy (non-hydrogen) atoms. The van der Waals surface area contributed by atoms with E-state index in [0.29, 0.717) is 17.7 Å². The number of rotatable bonds is 8. The van der Waals surface area contributed by atoms with E-state index in [9.17, 15) is 9.59 Å². The van der Waals surface area contributed by atoms with E-state index in [2.05, 4.69) is 27.5 Å². The van der Waals surface area contributed by atoms with Gasteiger partial charge in [0.1, 0.15) is 5.75 Å². The number of nitrogens with two attached hydrogens (primary N) is 3. The Bertz CT molecular complexity index is 1080. The highest BCUT2D eigenvalue weighted by atomic mass is 16.5. The lowest BCUT2D eigenvalue weighted by atomic mass is 9.99. The molecule has 0 fully saturated rings. The average molecular weight is 472 g/mol. The molecule has 0 bridgehead atoms. The minimum absolute atomic E-state index is 0. The largest absolute Gasteiger partial charge is 0.497 e. The molecule has 2 aromatic carbocycles. The maximum Gasteiger partial charge on any atom is 0.252 e. The number of hydrogen-bond donors (Lipinski definition) is 5. The van der Waals surface area contributed by atoms with Crippen molar-refractivity contribution in [1.29, 1.82) is 0 Å². The molecule has 0 spiro atoms. The van der Waals surface area contributed by atoms with Gasteiger partial charge < -0.3 is 15.5 Å². The van der Waals surface area contributed by atoms with E-state index >= 15 is 0 Å². The predicted molar refractivity (Wildman–Crippen MR) is 130 cm³/mol. The molecule has 0 saturated carbocycles. The fraction of sp³-hybridized carbons (Fsp3) is 0.261. The minimum Gasteiger partial charge on any atom is -0.497 e. The molecule has 11 nitrogen and oxygen atoms in total. The SMILES string of the molecule is COc1cc(-c2cnn(C)c2)cc(C(C)NC(=O)c2ccccc2CCC(=O)NN)c1.NN.O. The van der Waals surface area contributed by atoms with Crippen LogP contribution in [0.3, 0.4) is 0 Å². The average Bonchev–Trinajstić information content (AvgIpc) is 3.29.